The number of ether oxygens (including phenoxy) is 1. The fourth-order valence-corrected chi connectivity index (χ4v) is 6.78. The van der Waals surface area contributed by atoms with Gasteiger partial charge in [-0.3, -0.25) is 0 Å². The van der Waals surface area contributed by atoms with Gasteiger partial charge in [-0.2, -0.15) is 0 Å². The summed E-state index contributed by atoms with van der Waals surface area (Å²) in [6.07, 6.45) is 13.8. The molecular weight excluding hydrogens is 484 g/mol. The lowest BCUT2D eigenvalue weighted by Crippen LogP contribution is -2.25. The van der Waals surface area contributed by atoms with Crippen LogP contribution < -0.4 is 4.74 Å². The highest BCUT2D eigenvalue weighted by molar-refractivity contribution is 5.85. The Morgan fingerprint density at radius 3 is 1.98 bits per heavy atom. The van der Waals surface area contributed by atoms with Gasteiger partial charge in [0.2, 0.25) is 0 Å². The molecule has 1 atom stereocenters. The summed E-state index contributed by atoms with van der Waals surface area (Å²) in [5.74, 6) is 1.02. The lowest BCUT2D eigenvalue weighted by atomic mass is 9.70. The maximum absolute atomic E-state index is 6.67. The van der Waals surface area contributed by atoms with Crippen molar-refractivity contribution in [3.05, 3.63) is 77.4 Å². The Morgan fingerprint density at radius 1 is 0.650 bits per heavy atom. The van der Waals surface area contributed by atoms with E-state index < -0.39 is 0 Å². The molecule has 0 amide bonds. The minimum Gasteiger partial charge on any atom is -0.490 e. The smallest absolute Gasteiger partial charge is 0.127 e. The van der Waals surface area contributed by atoms with Gasteiger partial charge in [0.15, 0.2) is 0 Å². The van der Waals surface area contributed by atoms with Gasteiger partial charge in [-0.15, -0.1) is 0 Å². The van der Waals surface area contributed by atoms with Gasteiger partial charge in [0.05, 0.1) is 6.10 Å². The lowest BCUT2D eigenvalue weighted by molar-refractivity contribution is 0.193. The zero-order valence-electron chi connectivity index (χ0n) is 26.5. The van der Waals surface area contributed by atoms with Gasteiger partial charge in [-0.25, -0.2) is 0 Å². The fraction of sp³-hybridized carbons (Fsp3) is 0.538. The third-order valence-electron chi connectivity index (χ3n) is 9.29. The van der Waals surface area contributed by atoms with Gasteiger partial charge in [0.1, 0.15) is 5.75 Å². The fourth-order valence-electron chi connectivity index (χ4n) is 6.78. The average molecular weight is 539 g/mol. The Labute approximate surface area is 245 Å². The molecule has 0 saturated heterocycles. The summed E-state index contributed by atoms with van der Waals surface area (Å²) in [5, 5.41) is 0. The molecule has 216 valence electrons. The van der Waals surface area contributed by atoms with Crippen molar-refractivity contribution in [1.29, 1.82) is 0 Å². The highest BCUT2D eigenvalue weighted by Crippen LogP contribution is 2.55. The third kappa shape index (κ3) is 6.35. The Hall–Kier alpha value is -2.54. The standard InChI is InChI=1S/C39H54O/c1-8-12-14-18-26-39(25-17-13-9-2)35-20-16-15-19-32(35)33-23-21-29(27-36(33)39)34-28-30(38(5,6)7)22-24-37(34)40-31(10-3)11-4/h15-16,19-24,27-28,31H,8-14,17-18,25-26H2,1-7H3. The van der Waals surface area contributed by atoms with Crippen LogP contribution in [0.4, 0.5) is 0 Å². The van der Waals surface area contributed by atoms with Crippen molar-refractivity contribution in [1.82, 2.24) is 0 Å². The quantitative estimate of drug-likeness (QED) is 0.185. The number of benzene rings is 3. The molecule has 0 radical (unpaired) electrons. The van der Waals surface area contributed by atoms with Gasteiger partial charge in [0.25, 0.3) is 0 Å². The first-order chi connectivity index (χ1) is 19.3. The van der Waals surface area contributed by atoms with Crippen LogP contribution in [0.5, 0.6) is 5.75 Å². The van der Waals surface area contributed by atoms with E-state index in [0.717, 1.165) is 18.6 Å². The lowest BCUT2D eigenvalue weighted by Gasteiger charge is -2.33. The largest absolute Gasteiger partial charge is 0.490 e. The Morgan fingerprint density at radius 2 is 1.30 bits per heavy atom. The summed E-state index contributed by atoms with van der Waals surface area (Å²) in [7, 11) is 0. The summed E-state index contributed by atoms with van der Waals surface area (Å²) in [6, 6.07) is 23.5. The summed E-state index contributed by atoms with van der Waals surface area (Å²) < 4.78 is 6.67. The van der Waals surface area contributed by atoms with Crippen LogP contribution in [0.3, 0.4) is 0 Å². The molecule has 0 N–H and O–H groups in total. The molecule has 1 unspecified atom stereocenters. The van der Waals surface area contributed by atoms with Gasteiger partial charge < -0.3 is 4.74 Å². The molecule has 3 aromatic rings. The molecule has 0 spiro atoms. The topological polar surface area (TPSA) is 9.23 Å². The number of fused-ring (bicyclic) bond motifs is 3. The van der Waals surface area contributed by atoms with E-state index in [1.54, 1.807) is 11.1 Å². The van der Waals surface area contributed by atoms with E-state index in [9.17, 15) is 0 Å². The summed E-state index contributed by atoms with van der Waals surface area (Å²) in [5.41, 5.74) is 10.1. The zero-order valence-corrected chi connectivity index (χ0v) is 26.5. The molecule has 1 aliphatic rings. The van der Waals surface area contributed by atoms with Crippen molar-refractivity contribution < 1.29 is 4.74 Å². The van der Waals surface area contributed by atoms with E-state index in [-0.39, 0.29) is 16.9 Å². The highest BCUT2D eigenvalue weighted by Gasteiger charge is 2.42. The molecule has 40 heavy (non-hydrogen) atoms. The van der Waals surface area contributed by atoms with Gasteiger partial charge in [-0.1, -0.05) is 136 Å². The summed E-state index contributed by atoms with van der Waals surface area (Å²) in [6.45, 7) is 16.0. The molecule has 1 aliphatic carbocycles. The number of hydrogen-bond acceptors (Lipinski definition) is 1. The van der Waals surface area contributed by atoms with Crippen LogP contribution >= 0.6 is 0 Å². The molecule has 0 saturated carbocycles. The SMILES string of the molecule is CCCCCCC1(CCCCC)c2ccccc2-c2ccc(-c3cc(C(C)(C)C)ccc3OC(CC)CC)cc21. The maximum Gasteiger partial charge on any atom is 0.127 e. The van der Waals surface area contributed by atoms with Crippen LogP contribution in [0, 0.1) is 0 Å². The van der Waals surface area contributed by atoms with E-state index in [4.69, 9.17) is 4.74 Å². The van der Waals surface area contributed by atoms with Crippen LogP contribution in [-0.2, 0) is 10.8 Å². The van der Waals surface area contributed by atoms with Gasteiger partial charge in [-0.05, 0) is 82.7 Å². The van der Waals surface area contributed by atoms with Crippen LogP contribution in [0.1, 0.15) is 136 Å². The maximum atomic E-state index is 6.67. The first-order valence-corrected chi connectivity index (χ1v) is 16.3. The van der Waals surface area contributed by atoms with Crippen molar-refractivity contribution in [2.45, 2.75) is 136 Å². The second-order valence-electron chi connectivity index (χ2n) is 13.2. The van der Waals surface area contributed by atoms with Crippen molar-refractivity contribution in [2.24, 2.45) is 0 Å². The van der Waals surface area contributed by atoms with Crippen molar-refractivity contribution in [3.8, 4) is 28.0 Å². The minimum absolute atomic E-state index is 0.0817. The van der Waals surface area contributed by atoms with Gasteiger partial charge >= 0.3 is 0 Å². The second kappa shape index (κ2) is 13.4. The summed E-state index contributed by atoms with van der Waals surface area (Å²) >= 11 is 0. The Bertz CT molecular complexity index is 1240. The van der Waals surface area contributed by atoms with Crippen LogP contribution in [-0.4, -0.2) is 6.10 Å². The molecule has 1 heteroatoms. The van der Waals surface area contributed by atoms with Gasteiger partial charge in [0, 0.05) is 11.0 Å². The molecule has 0 aliphatic heterocycles. The molecule has 0 heterocycles. The van der Waals surface area contributed by atoms with E-state index >= 15 is 0 Å². The van der Waals surface area contributed by atoms with Crippen LogP contribution in [0.15, 0.2) is 60.7 Å². The number of rotatable bonds is 14. The van der Waals surface area contributed by atoms with E-state index in [2.05, 4.69) is 109 Å². The second-order valence-corrected chi connectivity index (χ2v) is 13.2. The Balaban J connectivity index is 1.88. The van der Waals surface area contributed by atoms with Crippen molar-refractivity contribution in [3.63, 3.8) is 0 Å². The molecule has 0 aromatic heterocycles. The van der Waals surface area contributed by atoms with Crippen LogP contribution in [0.2, 0.25) is 0 Å². The van der Waals surface area contributed by atoms with E-state index in [1.165, 1.54) is 85.6 Å². The molecule has 3 aromatic carbocycles. The average Bonchev–Trinajstić information content (AvgIpc) is 3.23. The monoisotopic (exact) mass is 538 g/mol. The Kier molecular flexibility index (Phi) is 10.2. The number of unbranched alkanes of at least 4 members (excludes halogenated alkanes) is 5. The first kappa shape index (κ1) is 30.4. The molecule has 0 bridgehead atoms. The third-order valence-corrected chi connectivity index (χ3v) is 9.29. The molecule has 1 nitrogen and oxygen atoms in total. The highest BCUT2D eigenvalue weighted by atomic mass is 16.5. The van der Waals surface area contributed by atoms with E-state index in [1.807, 2.05) is 0 Å². The minimum atomic E-state index is 0.0817. The summed E-state index contributed by atoms with van der Waals surface area (Å²) in [4.78, 5) is 0. The molecule has 4 rings (SSSR count). The molecular formula is C39H54O. The predicted octanol–water partition coefficient (Wildman–Crippen LogP) is 12.0. The molecule has 0 fully saturated rings. The normalized spacial score (nSPS) is 16.3. The number of hydrogen-bond donors (Lipinski definition) is 0. The van der Waals surface area contributed by atoms with E-state index in [0.29, 0.717) is 0 Å². The predicted molar refractivity (Wildman–Crippen MR) is 175 cm³/mol. The first-order valence-electron chi connectivity index (χ1n) is 16.3. The van der Waals surface area contributed by atoms with Crippen molar-refractivity contribution >= 4 is 0 Å². The zero-order chi connectivity index (χ0) is 28.8. The van der Waals surface area contributed by atoms with Crippen molar-refractivity contribution in [2.75, 3.05) is 0 Å². The van der Waals surface area contributed by atoms with Crippen LogP contribution in [0.25, 0.3) is 22.3 Å².